The Kier molecular flexibility index (Phi) is 4.39. The smallest absolute Gasteiger partial charge is 0.319 e. The number of thiophene rings is 1. The number of aromatic nitrogens is 2. The van der Waals surface area contributed by atoms with E-state index in [1.165, 1.54) is 12.7 Å². The molecule has 2 atom stereocenters. The Morgan fingerprint density at radius 3 is 2.64 bits per heavy atom. The maximum absolute atomic E-state index is 11.4. The number of ether oxygens (including phenoxy) is 2. The van der Waals surface area contributed by atoms with Gasteiger partial charge in [-0.3, -0.25) is 4.90 Å². The van der Waals surface area contributed by atoms with Gasteiger partial charge in [0.2, 0.25) is 5.88 Å². The molecule has 2 aromatic heterocycles. The van der Waals surface area contributed by atoms with Crippen LogP contribution in [0, 0.1) is 0 Å². The lowest BCUT2D eigenvalue weighted by molar-refractivity contribution is -0.0612. The number of nitrogens with zero attached hydrogens (tertiary/aromatic N) is 3. The minimum Gasteiger partial charge on any atom is -0.481 e. The Morgan fingerprint density at radius 2 is 2.04 bits per heavy atom. The molecule has 4 heterocycles. The van der Waals surface area contributed by atoms with Crippen LogP contribution in [-0.2, 0) is 12.1 Å². The fourth-order valence-electron chi connectivity index (χ4n) is 4.31. The Morgan fingerprint density at radius 1 is 1.28 bits per heavy atom. The molecular weight excluding hydrogens is 338 g/mol. The molecule has 0 radical (unpaired) electrons. The van der Waals surface area contributed by atoms with Crippen LogP contribution in [0.5, 0.6) is 11.9 Å². The van der Waals surface area contributed by atoms with Crippen LogP contribution in [0.4, 0.5) is 0 Å². The summed E-state index contributed by atoms with van der Waals surface area (Å²) in [5.74, 6) is 0.403. The molecular formula is C18H23N3O3S. The third-order valence-corrected chi connectivity index (χ3v) is 6.20. The van der Waals surface area contributed by atoms with Crippen LogP contribution in [0.2, 0.25) is 0 Å². The second-order valence-corrected chi connectivity index (χ2v) is 7.69. The van der Waals surface area contributed by atoms with Crippen molar-refractivity contribution in [3.63, 3.8) is 0 Å². The summed E-state index contributed by atoms with van der Waals surface area (Å²) in [4.78, 5) is 11.0. The van der Waals surface area contributed by atoms with Gasteiger partial charge in [-0.1, -0.05) is 0 Å². The summed E-state index contributed by atoms with van der Waals surface area (Å²) in [6.07, 6.45) is 5.25. The SMILES string of the molecule is COc1ncc(C2(O)C[C@@H]3CC[C@@H](C2)N3Cc2ccsc2)c(OC)n1. The first-order valence-corrected chi connectivity index (χ1v) is 9.52. The summed E-state index contributed by atoms with van der Waals surface area (Å²) in [5, 5.41) is 15.7. The molecule has 0 amide bonds. The van der Waals surface area contributed by atoms with E-state index < -0.39 is 5.60 Å². The maximum atomic E-state index is 11.4. The van der Waals surface area contributed by atoms with Gasteiger partial charge >= 0.3 is 6.01 Å². The molecule has 0 unspecified atom stereocenters. The highest BCUT2D eigenvalue weighted by Gasteiger charge is 2.49. The molecule has 7 heteroatoms. The minimum atomic E-state index is -0.950. The summed E-state index contributed by atoms with van der Waals surface area (Å²) in [6.45, 7) is 0.963. The standard InChI is InChI=1S/C18H23N3O3S/c1-23-16-15(9-19-17(20-16)24-2)18(22)7-13-3-4-14(8-18)21(13)10-12-5-6-25-11-12/h5-6,9,11,13-14,22H,3-4,7-8,10H2,1-2H3/t13-,14-/m0/s1. The second-order valence-electron chi connectivity index (χ2n) is 6.91. The molecule has 2 aromatic rings. The van der Waals surface area contributed by atoms with Crippen LogP contribution in [-0.4, -0.2) is 46.3 Å². The van der Waals surface area contributed by atoms with Crippen LogP contribution in [0.15, 0.2) is 23.0 Å². The van der Waals surface area contributed by atoms with Gasteiger partial charge in [-0.25, -0.2) is 4.98 Å². The Hall–Kier alpha value is -1.70. The van der Waals surface area contributed by atoms with Gasteiger partial charge in [-0.05, 0) is 48.1 Å². The normalized spacial score (nSPS) is 28.9. The van der Waals surface area contributed by atoms with Crippen molar-refractivity contribution in [3.8, 4) is 11.9 Å². The molecule has 1 N–H and O–H groups in total. The van der Waals surface area contributed by atoms with E-state index in [0.717, 1.165) is 19.4 Å². The number of methoxy groups -OCH3 is 2. The van der Waals surface area contributed by atoms with E-state index in [-0.39, 0.29) is 6.01 Å². The van der Waals surface area contributed by atoms with E-state index in [1.54, 1.807) is 24.6 Å². The van der Waals surface area contributed by atoms with E-state index in [1.807, 2.05) is 0 Å². The molecule has 0 aromatic carbocycles. The minimum absolute atomic E-state index is 0.252. The molecule has 2 aliphatic heterocycles. The predicted molar refractivity (Wildman–Crippen MR) is 94.9 cm³/mol. The van der Waals surface area contributed by atoms with Crippen molar-refractivity contribution in [2.24, 2.45) is 0 Å². The van der Waals surface area contributed by atoms with Crippen molar-refractivity contribution in [1.82, 2.24) is 14.9 Å². The van der Waals surface area contributed by atoms with E-state index in [0.29, 0.717) is 36.4 Å². The summed E-state index contributed by atoms with van der Waals surface area (Å²) in [7, 11) is 3.08. The second kappa shape index (κ2) is 6.55. The van der Waals surface area contributed by atoms with Gasteiger partial charge in [0.15, 0.2) is 0 Å². The fourth-order valence-corrected chi connectivity index (χ4v) is 4.97. The molecule has 0 spiro atoms. The summed E-state index contributed by atoms with van der Waals surface area (Å²) in [6, 6.07) is 3.18. The largest absolute Gasteiger partial charge is 0.481 e. The van der Waals surface area contributed by atoms with Gasteiger partial charge in [0, 0.05) is 24.8 Å². The lowest BCUT2D eigenvalue weighted by Crippen LogP contribution is -2.49. The van der Waals surface area contributed by atoms with Crippen molar-refractivity contribution in [3.05, 3.63) is 34.2 Å². The zero-order valence-corrected chi connectivity index (χ0v) is 15.3. The molecule has 2 bridgehead atoms. The average Bonchev–Trinajstić information content (AvgIpc) is 3.22. The highest BCUT2D eigenvalue weighted by molar-refractivity contribution is 7.07. The Bertz CT molecular complexity index is 723. The van der Waals surface area contributed by atoms with Crippen LogP contribution in [0.1, 0.15) is 36.8 Å². The van der Waals surface area contributed by atoms with E-state index in [2.05, 4.69) is 31.7 Å². The zero-order chi connectivity index (χ0) is 17.4. The lowest BCUT2D eigenvalue weighted by atomic mass is 9.81. The highest BCUT2D eigenvalue weighted by Crippen LogP contribution is 2.48. The predicted octanol–water partition coefficient (Wildman–Crippen LogP) is 2.57. The zero-order valence-electron chi connectivity index (χ0n) is 14.5. The quantitative estimate of drug-likeness (QED) is 0.883. The summed E-state index contributed by atoms with van der Waals surface area (Å²) >= 11 is 1.74. The maximum Gasteiger partial charge on any atom is 0.319 e. The van der Waals surface area contributed by atoms with Gasteiger partial charge in [0.05, 0.1) is 25.4 Å². The highest BCUT2D eigenvalue weighted by atomic mass is 32.1. The number of hydrogen-bond donors (Lipinski definition) is 1. The number of fused-ring (bicyclic) bond motifs is 2. The molecule has 0 aliphatic carbocycles. The number of rotatable bonds is 5. The van der Waals surface area contributed by atoms with Gasteiger partial charge in [-0.2, -0.15) is 16.3 Å². The van der Waals surface area contributed by atoms with Crippen LogP contribution in [0.3, 0.4) is 0 Å². The monoisotopic (exact) mass is 361 g/mol. The molecule has 6 nitrogen and oxygen atoms in total. The van der Waals surface area contributed by atoms with Crippen molar-refractivity contribution in [2.45, 2.75) is 49.9 Å². The molecule has 25 heavy (non-hydrogen) atoms. The topological polar surface area (TPSA) is 67.7 Å². The molecule has 0 saturated carbocycles. The first kappa shape index (κ1) is 16.8. The Labute approximate surface area is 151 Å². The van der Waals surface area contributed by atoms with Crippen molar-refractivity contribution in [1.29, 1.82) is 0 Å². The first-order valence-electron chi connectivity index (χ1n) is 8.57. The fraction of sp³-hybridized carbons (Fsp3) is 0.556. The first-order chi connectivity index (χ1) is 12.1. The summed E-state index contributed by atoms with van der Waals surface area (Å²) < 4.78 is 10.5. The van der Waals surface area contributed by atoms with Gasteiger partial charge in [-0.15, -0.1) is 0 Å². The lowest BCUT2D eigenvalue weighted by Gasteiger charge is -2.44. The van der Waals surface area contributed by atoms with Gasteiger partial charge in [0.1, 0.15) is 0 Å². The molecule has 4 rings (SSSR count). The Balaban J connectivity index is 1.59. The van der Waals surface area contributed by atoms with Crippen LogP contribution < -0.4 is 9.47 Å². The van der Waals surface area contributed by atoms with Gasteiger partial charge < -0.3 is 14.6 Å². The van der Waals surface area contributed by atoms with E-state index in [4.69, 9.17) is 9.47 Å². The van der Waals surface area contributed by atoms with Crippen molar-refractivity contribution >= 4 is 11.3 Å². The van der Waals surface area contributed by atoms with E-state index in [9.17, 15) is 5.11 Å². The third kappa shape index (κ3) is 3.01. The van der Waals surface area contributed by atoms with Crippen molar-refractivity contribution in [2.75, 3.05) is 14.2 Å². The average molecular weight is 361 g/mol. The van der Waals surface area contributed by atoms with Crippen LogP contribution >= 0.6 is 11.3 Å². The van der Waals surface area contributed by atoms with Crippen molar-refractivity contribution < 1.29 is 14.6 Å². The number of piperidine rings is 1. The number of aliphatic hydroxyl groups is 1. The third-order valence-electron chi connectivity index (χ3n) is 5.47. The summed E-state index contributed by atoms with van der Waals surface area (Å²) in [5.41, 5.74) is 1.08. The molecule has 2 fully saturated rings. The van der Waals surface area contributed by atoms with Gasteiger partial charge in [0.25, 0.3) is 0 Å². The van der Waals surface area contributed by atoms with E-state index >= 15 is 0 Å². The molecule has 134 valence electrons. The molecule has 2 aliphatic rings. The van der Waals surface area contributed by atoms with Crippen LogP contribution in [0.25, 0.3) is 0 Å². The molecule has 2 saturated heterocycles. The number of hydrogen-bond acceptors (Lipinski definition) is 7.